The van der Waals surface area contributed by atoms with Gasteiger partial charge in [-0.05, 0) is 36.5 Å². The predicted molar refractivity (Wildman–Crippen MR) is 88.2 cm³/mol. The number of nitrogens with one attached hydrogen (secondary N) is 2. The van der Waals surface area contributed by atoms with Crippen molar-refractivity contribution in [1.29, 1.82) is 0 Å². The van der Waals surface area contributed by atoms with Crippen molar-refractivity contribution < 1.29 is 4.79 Å². The molecule has 110 valence electrons. The zero-order chi connectivity index (χ0) is 15.1. The number of carbonyl (C=O) groups excluding carboxylic acids is 1. The number of hydrogen-bond acceptors (Lipinski definition) is 3. The summed E-state index contributed by atoms with van der Waals surface area (Å²) >= 11 is 1.66. The topological polar surface area (TPSA) is 41.1 Å². The minimum absolute atomic E-state index is 0.0172. The first-order valence-electron chi connectivity index (χ1n) is 7.24. The van der Waals surface area contributed by atoms with Crippen molar-refractivity contribution in [3.05, 3.63) is 51.4 Å². The normalized spacial score (nSPS) is 17.4. The van der Waals surface area contributed by atoms with Gasteiger partial charge in [-0.25, -0.2) is 0 Å². The van der Waals surface area contributed by atoms with Gasteiger partial charge in [0.15, 0.2) is 0 Å². The van der Waals surface area contributed by atoms with Crippen molar-refractivity contribution in [3.8, 4) is 0 Å². The molecule has 0 aliphatic carbocycles. The highest BCUT2D eigenvalue weighted by Gasteiger charge is 2.28. The zero-order valence-corrected chi connectivity index (χ0v) is 13.6. The smallest absolute Gasteiger partial charge is 0.256 e. The van der Waals surface area contributed by atoms with Crippen molar-refractivity contribution in [2.75, 3.05) is 5.32 Å². The van der Waals surface area contributed by atoms with E-state index >= 15 is 0 Å². The largest absolute Gasteiger partial charge is 0.353 e. The van der Waals surface area contributed by atoms with Crippen LogP contribution in [0.4, 0.5) is 5.00 Å². The lowest BCUT2D eigenvalue weighted by Gasteiger charge is -2.26. The highest BCUT2D eigenvalue weighted by atomic mass is 32.1. The maximum atomic E-state index is 12.3. The molecule has 2 heterocycles. The maximum absolute atomic E-state index is 12.3. The molecule has 0 radical (unpaired) electrons. The van der Waals surface area contributed by atoms with Crippen LogP contribution in [0.1, 0.15) is 57.9 Å². The molecule has 0 spiro atoms. The summed E-state index contributed by atoms with van der Waals surface area (Å²) in [5, 5.41) is 7.47. The summed E-state index contributed by atoms with van der Waals surface area (Å²) in [6, 6.07) is 8.44. The van der Waals surface area contributed by atoms with Gasteiger partial charge in [0, 0.05) is 4.88 Å². The van der Waals surface area contributed by atoms with Gasteiger partial charge in [-0.15, -0.1) is 11.3 Å². The lowest BCUT2D eigenvalue weighted by atomic mass is 10.00. The van der Waals surface area contributed by atoms with E-state index in [1.54, 1.807) is 11.3 Å². The van der Waals surface area contributed by atoms with Gasteiger partial charge in [-0.2, -0.15) is 0 Å². The summed E-state index contributed by atoms with van der Waals surface area (Å²) in [5.74, 6) is 0.533. The summed E-state index contributed by atoms with van der Waals surface area (Å²) < 4.78 is 0. The highest BCUT2D eigenvalue weighted by molar-refractivity contribution is 7.16. The molecule has 2 aromatic rings. The fourth-order valence-corrected chi connectivity index (χ4v) is 3.70. The fourth-order valence-electron chi connectivity index (χ4n) is 2.61. The van der Waals surface area contributed by atoms with Crippen molar-refractivity contribution >= 4 is 22.2 Å². The van der Waals surface area contributed by atoms with Crippen LogP contribution in [0.25, 0.3) is 0 Å². The van der Waals surface area contributed by atoms with Crippen molar-refractivity contribution in [2.45, 2.75) is 39.8 Å². The van der Waals surface area contributed by atoms with E-state index in [0.29, 0.717) is 5.92 Å². The van der Waals surface area contributed by atoms with Crippen LogP contribution in [0, 0.1) is 13.8 Å². The fraction of sp³-hybridized carbons (Fsp3) is 0.353. The first-order chi connectivity index (χ1) is 9.97. The number of fused-ring (bicyclic) bond motifs is 1. The number of rotatable bonds is 2. The van der Waals surface area contributed by atoms with Crippen LogP contribution in [0.15, 0.2) is 24.3 Å². The van der Waals surface area contributed by atoms with E-state index in [0.717, 1.165) is 21.7 Å². The van der Waals surface area contributed by atoms with E-state index in [9.17, 15) is 4.79 Å². The Kier molecular flexibility index (Phi) is 3.49. The zero-order valence-electron chi connectivity index (χ0n) is 12.8. The molecule has 0 saturated heterocycles. The Morgan fingerprint density at radius 3 is 2.38 bits per heavy atom. The Morgan fingerprint density at radius 1 is 1.10 bits per heavy atom. The number of aryl methyl sites for hydroxylation is 1. The van der Waals surface area contributed by atoms with Gasteiger partial charge < -0.3 is 10.6 Å². The second kappa shape index (κ2) is 5.19. The molecule has 0 bridgehead atoms. The number of benzene rings is 1. The molecule has 1 aromatic carbocycles. The Balaban J connectivity index is 1.90. The summed E-state index contributed by atoms with van der Waals surface area (Å²) in [6.45, 7) is 8.42. The van der Waals surface area contributed by atoms with E-state index in [-0.39, 0.29) is 12.1 Å². The SMILES string of the molecule is Cc1sc2c(c1C)C(=O)NC(c1ccc(C(C)C)cc1)N2. The lowest BCUT2D eigenvalue weighted by molar-refractivity contribution is 0.0936. The Labute approximate surface area is 129 Å². The van der Waals surface area contributed by atoms with Crippen LogP contribution in [0.2, 0.25) is 0 Å². The molecule has 1 atom stereocenters. The molecule has 4 heteroatoms. The summed E-state index contributed by atoms with van der Waals surface area (Å²) in [6.07, 6.45) is -0.149. The number of amides is 1. The molecule has 3 nitrogen and oxygen atoms in total. The standard InChI is InChI=1S/C17H20N2OS/c1-9(2)12-5-7-13(8-6-12)15-18-16(20)14-10(3)11(4)21-17(14)19-15/h5-9,15,19H,1-4H3,(H,18,20). The van der Waals surface area contributed by atoms with Gasteiger partial charge in [-0.1, -0.05) is 38.1 Å². The van der Waals surface area contributed by atoms with Gasteiger partial charge in [0.05, 0.1) is 5.56 Å². The molecule has 2 N–H and O–H groups in total. The van der Waals surface area contributed by atoms with E-state index in [2.05, 4.69) is 55.7 Å². The molecular weight excluding hydrogens is 280 g/mol. The molecule has 1 amide bonds. The molecule has 1 aromatic heterocycles. The molecule has 0 fully saturated rings. The predicted octanol–water partition coefficient (Wildman–Crippen LogP) is 4.34. The van der Waals surface area contributed by atoms with Gasteiger partial charge in [-0.3, -0.25) is 4.79 Å². The minimum atomic E-state index is -0.149. The maximum Gasteiger partial charge on any atom is 0.256 e. The van der Waals surface area contributed by atoms with Crippen LogP contribution in [-0.4, -0.2) is 5.91 Å². The molecule has 1 aliphatic heterocycles. The van der Waals surface area contributed by atoms with Gasteiger partial charge >= 0.3 is 0 Å². The van der Waals surface area contributed by atoms with Crippen LogP contribution in [-0.2, 0) is 0 Å². The van der Waals surface area contributed by atoms with E-state index in [1.165, 1.54) is 10.4 Å². The summed E-state index contributed by atoms with van der Waals surface area (Å²) in [7, 11) is 0. The monoisotopic (exact) mass is 300 g/mol. The second-order valence-corrected chi connectivity index (χ2v) is 7.08. The van der Waals surface area contributed by atoms with Crippen LogP contribution >= 0.6 is 11.3 Å². The third-order valence-corrected chi connectivity index (χ3v) is 5.24. The van der Waals surface area contributed by atoms with Crippen LogP contribution < -0.4 is 10.6 Å². The Hall–Kier alpha value is -1.81. The average molecular weight is 300 g/mol. The van der Waals surface area contributed by atoms with Crippen molar-refractivity contribution in [2.24, 2.45) is 0 Å². The first kappa shape index (κ1) is 14.1. The molecule has 3 rings (SSSR count). The quantitative estimate of drug-likeness (QED) is 0.866. The number of thiophene rings is 1. The van der Waals surface area contributed by atoms with Crippen molar-refractivity contribution in [3.63, 3.8) is 0 Å². The minimum Gasteiger partial charge on any atom is -0.353 e. The molecule has 1 unspecified atom stereocenters. The van der Waals surface area contributed by atoms with Crippen LogP contribution in [0.5, 0.6) is 0 Å². The Bertz CT molecular complexity index is 686. The van der Waals surface area contributed by atoms with Crippen molar-refractivity contribution in [1.82, 2.24) is 5.32 Å². The highest BCUT2D eigenvalue weighted by Crippen LogP contribution is 2.37. The average Bonchev–Trinajstić information content (AvgIpc) is 2.74. The first-order valence-corrected chi connectivity index (χ1v) is 8.06. The number of carbonyl (C=O) groups is 1. The summed E-state index contributed by atoms with van der Waals surface area (Å²) in [4.78, 5) is 13.5. The van der Waals surface area contributed by atoms with E-state index < -0.39 is 0 Å². The lowest BCUT2D eigenvalue weighted by Crippen LogP contribution is -2.38. The molecule has 1 aliphatic rings. The second-order valence-electron chi connectivity index (χ2n) is 5.86. The number of anilines is 1. The summed E-state index contributed by atoms with van der Waals surface area (Å²) in [5.41, 5.74) is 4.27. The van der Waals surface area contributed by atoms with Crippen LogP contribution in [0.3, 0.4) is 0 Å². The molecular formula is C17H20N2OS. The third-order valence-electron chi connectivity index (χ3n) is 4.10. The molecule has 21 heavy (non-hydrogen) atoms. The van der Waals surface area contributed by atoms with E-state index in [4.69, 9.17) is 0 Å². The van der Waals surface area contributed by atoms with Gasteiger partial charge in [0.2, 0.25) is 0 Å². The number of hydrogen-bond donors (Lipinski definition) is 2. The molecule has 0 saturated carbocycles. The van der Waals surface area contributed by atoms with Gasteiger partial charge in [0.1, 0.15) is 11.2 Å². The van der Waals surface area contributed by atoms with Gasteiger partial charge in [0.25, 0.3) is 5.91 Å². The Morgan fingerprint density at radius 2 is 1.76 bits per heavy atom. The third kappa shape index (κ3) is 2.44. The van der Waals surface area contributed by atoms with E-state index in [1.807, 2.05) is 6.92 Å².